The van der Waals surface area contributed by atoms with Gasteiger partial charge >= 0.3 is 0 Å². The molecule has 1 N–H and O–H groups in total. The van der Waals surface area contributed by atoms with Gasteiger partial charge in [-0.1, -0.05) is 13.3 Å². The van der Waals surface area contributed by atoms with Gasteiger partial charge in [0.2, 0.25) is 0 Å². The minimum absolute atomic E-state index is 0.177. The van der Waals surface area contributed by atoms with Crippen LogP contribution in [0.3, 0.4) is 0 Å². The SMILES string of the molecule is CCCC(COC)NS(=O)(=O)c1sccc1Br. The Bertz CT molecular complexity index is 438. The Hall–Kier alpha value is 0.0500. The average molecular weight is 342 g/mol. The van der Waals surface area contributed by atoms with Crippen LogP contribution in [0, 0.1) is 0 Å². The van der Waals surface area contributed by atoms with Gasteiger partial charge in [0.1, 0.15) is 4.21 Å². The molecule has 1 heterocycles. The highest BCUT2D eigenvalue weighted by atomic mass is 79.9. The van der Waals surface area contributed by atoms with Gasteiger partial charge in [-0.05, 0) is 33.8 Å². The molecule has 1 atom stereocenters. The normalized spacial score (nSPS) is 13.8. The van der Waals surface area contributed by atoms with Crippen LogP contribution in [0.25, 0.3) is 0 Å². The largest absolute Gasteiger partial charge is 0.383 e. The monoisotopic (exact) mass is 341 g/mol. The van der Waals surface area contributed by atoms with Gasteiger partial charge in [0.05, 0.1) is 6.61 Å². The van der Waals surface area contributed by atoms with E-state index in [1.807, 2.05) is 6.92 Å². The van der Waals surface area contributed by atoms with E-state index in [1.54, 1.807) is 18.6 Å². The van der Waals surface area contributed by atoms with E-state index >= 15 is 0 Å². The Morgan fingerprint density at radius 1 is 1.59 bits per heavy atom. The minimum atomic E-state index is -3.45. The molecule has 0 aromatic carbocycles. The highest BCUT2D eigenvalue weighted by Crippen LogP contribution is 2.27. The summed E-state index contributed by atoms with van der Waals surface area (Å²) in [7, 11) is -1.88. The molecule has 0 radical (unpaired) electrons. The number of rotatable bonds is 7. The third-order valence-corrected chi connectivity index (χ3v) is 6.35. The van der Waals surface area contributed by atoms with Crippen molar-refractivity contribution in [1.29, 1.82) is 0 Å². The fourth-order valence-electron chi connectivity index (χ4n) is 1.47. The van der Waals surface area contributed by atoms with Gasteiger partial charge in [0, 0.05) is 17.6 Å². The topological polar surface area (TPSA) is 55.4 Å². The third-order valence-electron chi connectivity index (χ3n) is 2.16. The third kappa shape index (κ3) is 4.33. The number of sulfonamides is 1. The summed E-state index contributed by atoms with van der Waals surface area (Å²) in [6.07, 6.45) is 1.66. The number of halogens is 1. The van der Waals surface area contributed by atoms with E-state index in [4.69, 9.17) is 4.74 Å². The number of ether oxygens (including phenoxy) is 1. The quantitative estimate of drug-likeness (QED) is 0.829. The van der Waals surface area contributed by atoms with Crippen molar-refractivity contribution in [2.45, 2.75) is 30.0 Å². The van der Waals surface area contributed by atoms with Crippen molar-refractivity contribution in [1.82, 2.24) is 4.72 Å². The summed E-state index contributed by atoms with van der Waals surface area (Å²) >= 11 is 4.43. The lowest BCUT2D eigenvalue weighted by atomic mass is 10.2. The molecule has 1 aromatic rings. The highest BCUT2D eigenvalue weighted by molar-refractivity contribution is 9.10. The van der Waals surface area contributed by atoms with Crippen LogP contribution in [0.2, 0.25) is 0 Å². The summed E-state index contributed by atoms with van der Waals surface area (Å²) in [5.41, 5.74) is 0. The molecule has 4 nitrogen and oxygen atoms in total. The number of thiophene rings is 1. The predicted molar refractivity (Wildman–Crippen MR) is 72.9 cm³/mol. The van der Waals surface area contributed by atoms with Crippen LogP contribution < -0.4 is 4.72 Å². The van der Waals surface area contributed by atoms with Crippen LogP contribution in [-0.4, -0.2) is 28.2 Å². The van der Waals surface area contributed by atoms with E-state index in [9.17, 15) is 8.42 Å². The van der Waals surface area contributed by atoms with Crippen molar-refractivity contribution < 1.29 is 13.2 Å². The minimum Gasteiger partial charge on any atom is -0.383 e. The van der Waals surface area contributed by atoms with Crippen LogP contribution in [0.5, 0.6) is 0 Å². The summed E-state index contributed by atoms with van der Waals surface area (Å²) in [6.45, 7) is 2.40. The Morgan fingerprint density at radius 2 is 2.29 bits per heavy atom. The molecular formula is C10H16BrNO3S2. The first-order chi connectivity index (χ1) is 8.01. The zero-order chi connectivity index (χ0) is 12.9. The summed E-state index contributed by atoms with van der Waals surface area (Å²) < 4.78 is 32.8. The molecule has 0 fully saturated rings. The van der Waals surface area contributed by atoms with Gasteiger partial charge in [0.25, 0.3) is 10.0 Å². The Kier molecular flexibility index (Phi) is 6.08. The second-order valence-electron chi connectivity index (χ2n) is 3.62. The summed E-state index contributed by atoms with van der Waals surface area (Å²) in [6, 6.07) is 1.55. The molecule has 0 spiro atoms. The van der Waals surface area contributed by atoms with E-state index in [1.165, 1.54) is 11.3 Å². The first-order valence-electron chi connectivity index (χ1n) is 5.25. The van der Waals surface area contributed by atoms with E-state index < -0.39 is 10.0 Å². The average Bonchev–Trinajstić information content (AvgIpc) is 2.65. The Morgan fingerprint density at radius 3 is 2.76 bits per heavy atom. The molecule has 0 aliphatic carbocycles. The maximum absolute atomic E-state index is 12.1. The number of hydrogen-bond donors (Lipinski definition) is 1. The van der Waals surface area contributed by atoms with E-state index in [0.29, 0.717) is 15.3 Å². The number of methoxy groups -OCH3 is 1. The van der Waals surface area contributed by atoms with Gasteiger partial charge in [0.15, 0.2) is 0 Å². The van der Waals surface area contributed by atoms with E-state index in [2.05, 4.69) is 20.7 Å². The van der Waals surface area contributed by atoms with Crippen molar-refractivity contribution in [2.75, 3.05) is 13.7 Å². The molecule has 1 aromatic heterocycles. The van der Waals surface area contributed by atoms with Gasteiger partial charge < -0.3 is 4.74 Å². The van der Waals surface area contributed by atoms with Crippen molar-refractivity contribution in [3.8, 4) is 0 Å². The molecule has 0 aliphatic heterocycles. The molecule has 7 heteroatoms. The molecule has 17 heavy (non-hydrogen) atoms. The lowest BCUT2D eigenvalue weighted by Gasteiger charge is -2.16. The van der Waals surface area contributed by atoms with Crippen LogP contribution in [-0.2, 0) is 14.8 Å². The van der Waals surface area contributed by atoms with Crippen LogP contribution in [0.4, 0.5) is 0 Å². The van der Waals surface area contributed by atoms with Crippen molar-refractivity contribution in [2.24, 2.45) is 0 Å². The second kappa shape index (κ2) is 6.84. The van der Waals surface area contributed by atoms with Crippen LogP contribution >= 0.6 is 27.3 Å². The first kappa shape index (κ1) is 15.1. The zero-order valence-corrected chi connectivity index (χ0v) is 13.0. The van der Waals surface area contributed by atoms with Gasteiger partial charge in [-0.3, -0.25) is 0 Å². The molecule has 98 valence electrons. The van der Waals surface area contributed by atoms with Crippen LogP contribution in [0.1, 0.15) is 19.8 Å². The highest BCUT2D eigenvalue weighted by Gasteiger charge is 2.22. The standard InChI is InChI=1S/C10H16BrNO3S2/c1-3-4-8(7-15-2)12-17(13,14)10-9(11)5-6-16-10/h5-6,8,12H,3-4,7H2,1-2H3. The number of hydrogen-bond acceptors (Lipinski definition) is 4. The lowest BCUT2D eigenvalue weighted by Crippen LogP contribution is -2.37. The predicted octanol–water partition coefficient (Wildman–Crippen LogP) is 2.60. The van der Waals surface area contributed by atoms with Gasteiger partial charge in [-0.15, -0.1) is 11.3 Å². The second-order valence-corrected chi connectivity index (χ2v) is 7.30. The molecule has 0 amide bonds. The molecule has 0 bridgehead atoms. The van der Waals surface area contributed by atoms with Crippen molar-refractivity contribution in [3.63, 3.8) is 0 Å². The summed E-state index contributed by atoms with van der Waals surface area (Å²) in [4.78, 5) is 0. The molecular weight excluding hydrogens is 326 g/mol. The molecule has 1 unspecified atom stereocenters. The van der Waals surface area contributed by atoms with Crippen molar-refractivity contribution in [3.05, 3.63) is 15.9 Å². The maximum Gasteiger partial charge on any atom is 0.251 e. The van der Waals surface area contributed by atoms with Crippen LogP contribution in [0.15, 0.2) is 20.1 Å². The first-order valence-corrected chi connectivity index (χ1v) is 8.41. The molecule has 0 aliphatic rings. The smallest absolute Gasteiger partial charge is 0.251 e. The Labute approximate surface area is 115 Å². The Balaban J connectivity index is 2.81. The molecule has 0 saturated carbocycles. The molecule has 1 rings (SSSR count). The van der Waals surface area contributed by atoms with Gasteiger partial charge in [-0.25, -0.2) is 13.1 Å². The summed E-state index contributed by atoms with van der Waals surface area (Å²) in [5.74, 6) is 0. The number of nitrogens with one attached hydrogen (secondary N) is 1. The maximum atomic E-state index is 12.1. The molecule has 0 saturated heterocycles. The van der Waals surface area contributed by atoms with Crippen molar-refractivity contribution >= 4 is 37.3 Å². The summed E-state index contributed by atoms with van der Waals surface area (Å²) in [5, 5.41) is 1.74. The van der Waals surface area contributed by atoms with Gasteiger partial charge in [-0.2, -0.15) is 0 Å². The van der Waals surface area contributed by atoms with E-state index in [0.717, 1.165) is 12.8 Å². The zero-order valence-electron chi connectivity index (χ0n) is 9.77. The lowest BCUT2D eigenvalue weighted by molar-refractivity contribution is 0.171. The fourth-order valence-corrected chi connectivity index (χ4v) is 5.08. The fraction of sp³-hybridized carbons (Fsp3) is 0.600. The van der Waals surface area contributed by atoms with E-state index in [-0.39, 0.29) is 6.04 Å².